The molecule has 0 saturated carbocycles. The van der Waals surface area contributed by atoms with E-state index >= 15 is 0 Å². The van der Waals surface area contributed by atoms with Gasteiger partial charge in [-0.1, -0.05) is 0 Å². The van der Waals surface area contributed by atoms with Crippen molar-refractivity contribution in [2.45, 2.75) is 9.10 Å². The number of hydrogen-bond acceptors (Lipinski definition) is 5. The quantitative estimate of drug-likeness (QED) is 0.729. The summed E-state index contributed by atoms with van der Waals surface area (Å²) in [5.41, 5.74) is 5.59. The molecule has 2 N–H and O–H groups in total. The number of nitrogens with zero attached hydrogens (tertiary/aromatic N) is 1. The van der Waals surface area contributed by atoms with Crippen LogP contribution < -0.4 is 5.73 Å². The minimum absolute atomic E-state index is 0.668. The molecule has 0 aliphatic carbocycles. The van der Waals surface area contributed by atoms with E-state index in [0.717, 1.165) is 4.90 Å². The lowest BCUT2D eigenvalue weighted by Crippen LogP contribution is -1.84. The highest BCUT2D eigenvalue weighted by molar-refractivity contribution is 8.03. The van der Waals surface area contributed by atoms with E-state index in [0.29, 0.717) is 5.82 Å². The molecule has 10 heavy (non-hydrogen) atoms. The summed E-state index contributed by atoms with van der Waals surface area (Å²) in [7, 11) is 0. The first-order valence-corrected chi connectivity index (χ1v) is 5.85. The second kappa shape index (κ2) is 3.50. The Morgan fingerprint density at radius 2 is 2.10 bits per heavy atom. The molecule has 1 rings (SSSR count). The summed E-state index contributed by atoms with van der Waals surface area (Å²) in [4.78, 5) is 1.12. The number of anilines is 1. The van der Waals surface area contributed by atoms with Crippen LogP contribution in [0.5, 0.6) is 0 Å². The van der Waals surface area contributed by atoms with Crippen LogP contribution in [0.3, 0.4) is 0 Å². The Hall–Kier alpha value is 0.130. The predicted molar refractivity (Wildman–Crippen MR) is 50.1 cm³/mol. The number of nitrogens with two attached hydrogens (primary N) is 1. The van der Waals surface area contributed by atoms with Gasteiger partial charge in [0, 0.05) is 0 Å². The Balaban J connectivity index is 3.01. The van der Waals surface area contributed by atoms with Gasteiger partial charge in [0.25, 0.3) is 0 Å². The van der Waals surface area contributed by atoms with Gasteiger partial charge in [0.15, 0.2) is 5.82 Å². The number of nitrogen functional groups attached to an aromatic ring is 1. The second-order valence-corrected chi connectivity index (χ2v) is 4.26. The van der Waals surface area contributed by atoms with Crippen molar-refractivity contribution in [3.8, 4) is 0 Å². The topological polar surface area (TPSA) is 38.9 Å². The van der Waals surface area contributed by atoms with E-state index in [1.165, 1.54) is 15.7 Å². The van der Waals surface area contributed by atoms with E-state index in [9.17, 15) is 0 Å². The molecule has 0 unspecified atom stereocenters. The molecule has 0 radical (unpaired) electrons. The number of aromatic nitrogens is 1. The third-order valence-corrected chi connectivity index (χ3v) is 4.07. The maximum atomic E-state index is 5.59. The molecular formula is C5H8N2S3. The SMILES string of the molecule is CSc1snc(N)c1SC. The first-order chi connectivity index (χ1) is 4.79. The van der Waals surface area contributed by atoms with Crippen LogP contribution in [0.1, 0.15) is 0 Å². The molecule has 1 heterocycles. The van der Waals surface area contributed by atoms with Gasteiger partial charge in [-0.05, 0) is 24.0 Å². The smallest absolute Gasteiger partial charge is 0.151 e. The lowest BCUT2D eigenvalue weighted by Gasteiger charge is -1.93. The van der Waals surface area contributed by atoms with Gasteiger partial charge in [-0.25, -0.2) is 0 Å². The van der Waals surface area contributed by atoms with Gasteiger partial charge in [-0.2, -0.15) is 4.37 Å². The van der Waals surface area contributed by atoms with Crippen LogP contribution >= 0.6 is 35.1 Å². The Morgan fingerprint density at radius 3 is 2.50 bits per heavy atom. The van der Waals surface area contributed by atoms with Crippen molar-refractivity contribution in [2.75, 3.05) is 18.2 Å². The van der Waals surface area contributed by atoms with Gasteiger partial charge in [0.2, 0.25) is 0 Å². The Labute approximate surface area is 72.7 Å². The first-order valence-electron chi connectivity index (χ1n) is 2.62. The van der Waals surface area contributed by atoms with E-state index in [1.807, 2.05) is 12.5 Å². The van der Waals surface area contributed by atoms with Gasteiger partial charge in [0.1, 0.15) is 0 Å². The highest BCUT2D eigenvalue weighted by Crippen LogP contribution is 2.35. The summed E-state index contributed by atoms with van der Waals surface area (Å²) in [5.74, 6) is 0.668. The van der Waals surface area contributed by atoms with Gasteiger partial charge in [-0.15, -0.1) is 23.5 Å². The van der Waals surface area contributed by atoms with E-state index in [4.69, 9.17) is 5.73 Å². The largest absolute Gasteiger partial charge is 0.382 e. The maximum Gasteiger partial charge on any atom is 0.151 e. The third kappa shape index (κ3) is 1.41. The van der Waals surface area contributed by atoms with E-state index in [1.54, 1.807) is 23.5 Å². The fourth-order valence-electron chi connectivity index (χ4n) is 0.596. The Bertz CT molecular complexity index is 221. The summed E-state index contributed by atoms with van der Waals surface area (Å²) in [6.07, 6.45) is 4.05. The van der Waals surface area contributed by atoms with Gasteiger partial charge >= 0.3 is 0 Å². The van der Waals surface area contributed by atoms with E-state index < -0.39 is 0 Å². The monoisotopic (exact) mass is 192 g/mol. The summed E-state index contributed by atoms with van der Waals surface area (Å²) in [6, 6.07) is 0. The van der Waals surface area contributed by atoms with Gasteiger partial charge < -0.3 is 5.73 Å². The van der Waals surface area contributed by atoms with Crippen molar-refractivity contribution in [3.63, 3.8) is 0 Å². The zero-order chi connectivity index (χ0) is 7.56. The molecule has 1 aromatic rings. The summed E-state index contributed by atoms with van der Waals surface area (Å²) in [6.45, 7) is 0. The fraction of sp³-hybridized carbons (Fsp3) is 0.400. The molecule has 56 valence electrons. The normalized spacial score (nSPS) is 10.2. The minimum atomic E-state index is 0.668. The summed E-state index contributed by atoms with van der Waals surface area (Å²) < 4.78 is 5.25. The van der Waals surface area contributed by atoms with Crippen LogP contribution in [0, 0.1) is 0 Å². The van der Waals surface area contributed by atoms with E-state index in [2.05, 4.69) is 4.37 Å². The first kappa shape index (κ1) is 8.23. The van der Waals surface area contributed by atoms with Gasteiger partial charge in [0.05, 0.1) is 9.10 Å². The molecule has 0 aliphatic rings. The minimum Gasteiger partial charge on any atom is -0.382 e. The van der Waals surface area contributed by atoms with Crippen molar-refractivity contribution in [3.05, 3.63) is 0 Å². The van der Waals surface area contributed by atoms with Crippen LogP contribution in [-0.4, -0.2) is 16.9 Å². The molecule has 0 bridgehead atoms. The highest BCUT2D eigenvalue weighted by atomic mass is 32.2. The van der Waals surface area contributed by atoms with Crippen LogP contribution in [0.2, 0.25) is 0 Å². The average molecular weight is 192 g/mol. The molecule has 0 saturated heterocycles. The Kier molecular flexibility index (Phi) is 2.88. The standard InChI is InChI=1S/C5H8N2S3/c1-8-3-4(6)7-10-5(3)9-2/h1-2H3,(H2,6,7). The zero-order valence-corrected chi connectivity index (χ0v) is 8.20. The Morgan fingerprint density at radius 1 is 1.40 bits per heavy atom. The molecule has 5 heteroatoms. The van der Waals surface area contributed by atoms with Crippen molar-refractivity contribution in [2.24, 2.45) is 0 Å². The maximum absolute atomic E-state index is 5.59. The van der Waals surface area contributed by atoms with Crippen LogP contribution in [0.15, 0.2) is 9.10 Å². The molecule has 0 amide bonds. The van der Waals surface area contributed by atoms with Crippen molar-refractivity contribution < 1.29 is 0 Å². The molecule has 0 atom stereocenters. The van der Waals surface area contributed by atoms with Crippen LogP contribution in [0.4, 0.5) is 5.82 Å². The molecule has 0 spiro atoms. The number of rotatable bonds is 2. The summed E-state index contributed by atoms with van der Waals surface area (Å²) >= 11 is 4.82. The fourth-order valence-corrected chi connectivity index (χ4v) is 3.10. The molecular weight excluding hydrogens is 184 g/mol. The lowest BCUT2D eigenvalue weighted by molar-refractivity contribution is 1.36. The van der Waals surface area contributed by atoms with Crippen molar-refractivity contribution >= 4 is 40.9 Å². The van der Waals surface area contributed by atoms with E-state index in [-0.39, 0.29) is 0 Å². The average Bonchev–Trinajstić information content (AvgIpc) is 2.30. The predicted octanol–water partition coefficient (Wildman–Crippen LogP) is 2.17. The van der Waals surface area contributed by atoms with Crippen molar-refractivity contribution in [1.29, 1.82) is 0 Å². The lowest BCUT2D eigenvalue weighted by atomic mass is 10.7. The highest BCUT2D eigenvalue weighted by Gasteiger charge is 2.07. The molecule has 1 aromatic heterocycles. The molecule has 2 nitrogen and oxygen atoms in total. The number of hydrogen-bond donors (Lipinski definition) is 1. The van der Waals surface area contributed by atoms with Crippen LogP contribution in [0.25, 0.3) is 0 Å². The number of thioether (sulfide) groups is 2. The second-order valence-electron chi connectivity index (χ2n) is 1.59. The van der Waals surface area contributed by atoms with Gasteiger partial charge in [-0.3, -0.25) is 0 Å². The van der Waals surface area contributed by atoms with Crippen molar-refractivity contribution in [1.82, 2.24) is 4.37 Å². The zero-order valence-electron chi connectivity index (χ0n) is 5.75. The molecule has 0 aromatic carbocycles. The third-order valence-electron chi connectivity index (χ3n) is 1.03. The molecule has 0 fully saturated rings. The summed E-state index contributed by atoms with van der Waals surface area (Å²) in [5, 5.41) is 0. The molecule has 0 aliphatic heterocycles. The van der Waals surface area contributed by atoms with Crippen LogP contribution in [-0.2, 0) is 0 Å².